The molecule has 1 aliphatic rings. The van der Waals surface area contributed by atoms with Crippen LogP contribution >= 0.6 is 24.8 Å². The van der Waals surface area contributed by atoms with E-state index in [4.69, 9.17) is 5.73 Å². The summed E-state index contributed by atoms with van der Waals surface area (Å²) in [6.45, 7) is 17.0. The number of allylic oxidation sites excluding steroid dienone is 4. The van der Waals surface area contributed by atoms with Crippen LogP contribution in [0.1, 0.15) is 48.0 Å². The smallest absolute Gasteiger partial charge is 0.0213 e. The molecule has 0 aromatic carbocycles. The molecule has 0 heterocycles. The SMILES string of the molecule is CC1=[C-]C(C)C(C)=C1C.CCC(C)[NH-].C[SiH]C.Cl.Cl.[Hf]. The first-order valence-electron chi connectivity index (χ1n) is 6.54. The van der Waals surface area contributed by atoms with Crippen LogP contribution in [0.15, 0.2) is 16.7 Å². The van der Waals surface area contributed by atoms with Gasteiger partial charge in [0.25, 0.3) is 0 Å². The topological polar surface area (TPSA) is 23.8 Å². The maximum absolute atomic E-state index is 6.83. The molecule has 1 radical (unpaired) electrons. The predicted molar refractivity (Wildman–Crippen MR) is 97.4 cm³/mol. The van der Waals surface area contributed by atoms with Crippen molar-refractivity contribution in [1.29, 1.82) is 0 Å². The van der Waals surface area contributed by atoms with E-state index >= 15 is 0 Å². The second-order valence-corrected chi connectivity index (χ2v) is 5.84. The number of halogens is 2. The minimum absolute atomic E-state index is 0. The summed E-state index contributed by atoms with van der Waals surface area (Å²) >= 11 is 0. The maximum atomic E-state index is 6.83. The van der Waals surface area contributed by atoms with Crippen molar-refractivity contribution < 1.29 is 25.8 Å². The second-order valence-electron chi connectivity index (χ2n) is 4.69. The molecule has 1 rings (SSSR count). The zero-order valence-corrected chi connectivity index (χ0v) is 20.6. The molecular weight excluding hydrogens is 472 g/mol. The van der Waals surface area contributed by atoms with Gasteiger partial charge in [-0.1, -0.05) is 60.1 Å². The van der Waals surface area contributed by atoms with E-state index in [0.717, 1.165) is 15.9 Å². The zero-order chi connectivity index (χ0) is 14.0. The normalized spacial score (nSPS) is 16.9. The van der Waals surface area contributed by atoms with Gasteiger partial charge >= 0.3 is 0 Å². The molecule has 0 bridgehead atoms. The van der Waals surface area contributed by atoms with Crippen LogP contribution in [0.4, 0.5) is 0 Å². The van der Waals surface area contributed by atoms with E-state index < -0.39 is 0 Å². The molecular formula is C15H32Cl2HfNSi-2. The van der Waals surface area contributed by atoms with E-state index in [2.05, 4.69) is 46.9 Å². The van der Waals surface area contributed by atoms with Crippen molar-refractivity contribution in [3.05, 3.63) is 28.5 Å². The Morgan fingerprint density at radius 3 is 1.55 bits per heavy atom. The molecule has 20 heavy (non-hydrogen) atoms. The Morgan fingerprint density at radius 1 is 1.20 bits per heavy atom. The number of rotatable bonds is 1. The van der Waals surface area contributed by atoms with Crippen molar-refractivity contribution in [1.82, 2.24) is 0 Å². The van der Waals surface area contributed by atoms with E-state index in [-0.39, 0.29) is 56.7 Å². The van der Waals surface area contributed by atoms with Gasteiger partial charge < -0.3 is 5.73 Å². The van der Waals surface area contributed by atoms with Gasteiger partial charge in [-0.15, -0.1) is 37.8 Å². The zero-order valence-electron chi connectivity index (χ0n) is 14.3. The third-order valence-electron chi connectivity index (χ3n) is 2.85. The predicted octanol–water partition coefficient (Wildman–Crippen LogP) is 5.92. The van der Waals surface area contributed by atoms with Gasteiger partial charge in [0.15, 0.2) is 0 Å². The van der Waals surface area contributed by atoms with Gasteiger partial charge in [-0.2, -0.15) is 11.1 Å². The summed E-state index contributed by atoms with van der Waals surface area (Å²) in [7, 11) is 0.750. The van der Waals surface area contributed by atoms with Crippen LogP contribution in [0.3, 0.4) is 0 Å². The van der Waals surface area contributed by atoms with Gasteiger partial charge in [-0.05, 0) is 0 Å². The summed E-state index contributed by atoms with van der Waals surface area (Å²) in [5.41, 5.74) is 11.1. The molecule has 0 fully saturated rings. The maximum Gasteiger partial charge on any atom is 0.0213 e. The Bertz CT molecular complexity index is 267. The van der Waals surface area contributed by atoms with Crippen LogP contribution < -0.4 is 0 Å². The van der Waals surface area contributed by atoms with E-state index in [9.17, 15) is 0 Å². The van der Waals surface area contributed by atoms with Crippen molar-refractivity contribution >= 4 is 34.3 Å². The molecule has 2 unspecified atom stereocenters. The quantitative estimate of drug-likeness (QED) is 0.313. The summed E-state index contributed by atoms with van der Waals surface area (Å²) in [6, 6.07) is 0.134. The van der Waals surface area contributed by atoms with Crippen LogP contribution in [-0.2, 0) is 25.8 Å². The Labute approximate surface area is 161 Å². The number of nitrogens with one attached hydrogen (secondary N) is 1. The minimum atomic E-state index is 0. The fourth-order valence-corrected chi connectivity index (χ4v) is 1.16. The molecule has 0 aliphatic heterocycles. The monoisotopic (exact) mass is 504 g/mol. The van der Waals surface area contributed by atoms with Crippen molar-refractivity contribution in [2.24, 2.45) is 5.92 Å². The van der Waals surface area contributed by atoms with E-state index in [1.807, 2.05) is 13.8 Å². The minimum Gasteiger partial charge on any atom is -0.675 e. The fraction of sp³-hybridized carbons (Fsp3) is 0.733. The molecule has 0 amide bonds. The Hall–Kier alpha value is 1.11. The summed E-state index contributed by atoms with van der Waals surface area (Å²) in [5, 5.41) is 0. The molecule has 1 aliphatic carbocycles. The van der Waals surface area contributed by atoms with Crippen molar-refractivity contribution in [3.8, 4) is 0 Å². The molecule has 0 saturated carbocycles. The van der Waals surface area contributed by atoms with Crippen molar-refractivity contribution in [3.63, 3.8) is 0 Å². The van der Waals surface area contributed by atoms with Crippen LogP contribution in [0, 0.1) is 12.0 Å². The Morgan fingerprint density at radius 2 is 1.50 bits per heavy atom. The van der Waals surface area contributed by atoms with Gasteiger partial charge in [-0.25, -0.2) is 5.57 Å². The van der Waals surface area contributed by atoms with Crippen molar-refractivity contribution in [2.75, 3.05) is 0 Å². The molecule has 2 atom stereocenters. The Balaban J connectivity index is -0.0000000601. The van der Waals surface area contributed by atoms with E-state index in [1.165, 1.54) is 16.7 Å². The average molecular weight is 504 g/mol. The molecule has 0 saturated heterocycles. The van der Waals surface area contributed by atoms with E-state index in [1.54, 1.807) is 0 Å². The molecule has 5 heteroatoms. The van der Waals surface area contributed by atoms with Gasteiger partial charge in [0, 0.05) is 35.4 Å². The molecule has 1 nitrogen and oxygen atoms in total. The van der Waals surface area contributed by atoms with Gasteiger partial charge in [0.1, 0.15) is 0 Å². The summed E-state index contributed by atoms with van der Waals surface area (Å²) < 4.78 is 0. The third kappa shape index (κ3) is 17.2. The molecule has 121 valence electrons. The standard InChI is InChI=1S/C9H13.C4H10N.C2H7Si.2ClH.Hf/c1-6-5-7(2)9(4)8(6)3;1-3-4(2)5;1-3-2;;;/h6H,1-4H3;4-5H,3H2,1-2H3;3H,1-2H3;2*1H;/q2*-1;;;;. The van der Waals surface area contributed by atoms with Crippen LogP contribution in [0.5, 0.6) is 0 Å². The molecule has 1 N–H and O–H groups in total. The van der Waals surface area contributed by atoms with Gasteiger partial charge in [0.2, 0.25) is 0 Å². The second kappa shape index (κ2) is 20.1. The third-order valence-corrected chi connectivity index (χ3v) is 2.85. The average Bonchev–Trinajstić information content (AvgIpc) is 2.48. The summed E-state index contributed by atoms with van der Waals surface area (Å²) in [5.74, 6) is 0.560. The van der Waals surface area contributed by atoms with E-state index in [0.29, 0.717) is 5.92 Å². The largest absolute Gasteiger partial charge is 0.675 e. The van der Waals surface area contributed by atoms with Crippen LogP contribution in [-0.4, -0.2) is 15.6 Å². The molecule has 0 spiro atoms. The van der Waals surface area contributed by atoms with Crippen molar-refractivity contribution in [2.45, 2.75) is 67.1 Å². The van der Waals surface area contributed by atoms with Gasteiger partial charge in [0.05, 0.1) is 0 Å². The first-order chi connectivity index (χ1) is 7.81. The molecule has 0 aromatic rings. The number of hydrogen-bond donors (Lipinski definition) is 0. The van der Waals surface area contributed by atoms with Gasteiger partial charge in [-0.3, -0.25) is 6.08 Å². The summed E-state index contributed by atoms with van der Waals surface area (Å²) in [6.07, 6.45) is 4.33. The van der Waals surface area contributed by atoms with Crippen LogP contribution in [0.25, 0.3) is 5.73 Å². The first-order valence-corrected chi connectivity index (χ1v) is 8.85. The Kier molecular flexibility index (Phi) is 33.1. The summed E-state index contributed by atoms with van der Waals surface area (Å²) in [4.78, 5) is 0. The molecule has 0 aromatic heterocycles. The number of hydrogen-bond acceptors (Lipinski definition) is 0. The van der Waals surface area contributed by atoms with Crippen LogP contribution in [0.2, 0.25) is 13.1 Å². The first kappa shape index (κ1) is 32.9. The fourth-order valence-electron chi connectivity index (χ4n) is 1.16.